The van der Waals surface area contributed by atoms with E-state index < -0.39 is 0 Å². The molecule has 2 aromatic rings. The fourth-order valence-electron chi connectivity index (χ4n) is 4.77. The maximum Gasteiger partial charge on any atom is 0.227 e. The molecular formula is C23H26ClFN2O. The summed E-state index contributed by atoms with van der Waals surface area (Å²) in [6.45, 7) is 3.35. The minimum absolute atomic E-state index is 0.0280. The first-order chi connectivity index (χ1) is 13.5. The van der Waals surface area contributed by atoms with E-state index in [2.05, 4.69) is 4.90 Å². The molecule has 0 aliphatic carbocycles. The predicted octanol–water partition coefficient (Wildman–Crippen LogP) is 4.68. The average Bonchev–Trinajstić information content (AvgIpc) is 3.05. The van der Waals surface area contributed by atoms with Crippen molar-refractivity contribution >= 4 is 17.5 Å². The lowest BCUT2D eigenvalue weighted by molar-refractivity contribution is -0.134. The van der Waals surface area contributed by atoms with Crippen LogP contribution in [-0.4, -0.2) is 40.9 Å². The number of hydrogen-bond donors (Lipinski definition) is 0. The highest BCUT2D eigenvalue weighted by Gasteiger charge is 2.44. The SMILES string of the molecule is O=C(Cc1ccc(Cl)cc1)N1CCC[C@@]2(CCCN2Cc2cccc(F)c2)C1. The van der Waals surface area contributed by atoms with Crippen LogP contribution in [0.1, 0.15) is 36.8 Å². The number of carbonyl (C=O) groups is 1. The highest BCUT2D eigenvalue weighted by atomic mass is 35.5. The summed E-state index contributed by atoms with van der Waals surface area (Å²) in [5.41, 5.74) is 2.03. The lowest BCUT2D eigenvalue weighted by Crippen LogP contribution is -2.56. The molecule has 2 heterocycles. The van der Waals surface area contributed by atoms with E-state index in [9.17, 15) is 9.18 Å². The Morgan fingerprint density at radius 1 is 1.04 bits per heavy atom. The summed E-state index contributed by atoms with van der Waals surface area (Å²) in [6, 6.07) is 14.4. The lowest BCUT2D eigenvalue weighted by atomic mass is 9.86. The summed E-state index contributed by atoms with van der Waals surface area (Å²) < 4.78 is 13.6. The van der Waals surface area contributed by atoms with Crippen molar-refractivity contribution in [1.82, 2.24) is 9.80 Å². The second-order valence-corrected chi connectivity index (χ2v) is 8.54. The van der Waals surface area contributed by atoms with E-state index in [4.69, 9.17) is 11.6 Å². The van der Waals surface area contributed by atoms with Gasteiger partial charge in [-0.15, -0.1) is 0 Å². The summed E-state index contributed by atoms with van der Waals surface area (Å²) in [5.74, 6) is -0.00633. The number of amides is 1. The molecule has 0 N–H and O–H groups in total. The highest BCUT2D eigenvalue weighted by molar-refractivity contribution is 6.30. The molecule has 2 fully saturated rings. The maximum absolute atomic E-state index is 13.6. The highest BCUT2D eigenvalue weighted by Crippen LogP contribution is 2.38. The molecule has 4 rings (SSSR count). The van der Waals surface area contributed by atoms with Gasteiger partial charge in [-0.1, -0.05) is 35.9 Å². The van der Waals surface area contributed by atoms with Crippen molar-refractivity contribution < 1.29 is 9.18 Å². The predicted molar refractivity (Wildman–Crippen MR) is 110 cm³/mol. The molecule has 0 saturated carbocycles. The third kappa shape index (κ3) is 4.23. The van der Waals surface area contributed by atoms with Gasteiger partial charge in [0.25, 0.3) is 0 Å². The van der Waals surface area contributed by atoms with Crippen molar-refractivity contribution in [1.29, 1.82) is 0 Å². The first kappa shape index (κ1) is 19.4. The summed E-state index contributed by atoms with van der Waals surface area (Å²) in [6.07, 6.45) is 4.78. The number of likely N-dealkylation sites (tertiary alicyclic amines) is 2. The van der Waals surface area contributed by atoms with E-state index in [1.165, 1.54) is 6.07 Å². The molecule has 2 aliphatic rings. The van der Waals surface area contributed by atoms with E-state index in [1.54, 1.807) is 12.1 Å². The van der Waals surface area contributed by atoms with Crippen LogP contribution >= 0.6 is 11.6 Å². The molecule has 0 bridgehead atoms. The van der Waals surface area contributed by atoms with Crippen LogP contribution in [-0.2, 0) is 17.8 Å². The van der Waals surface area contributed by atoms with Crippen LogP contribution in [0.4, 0.5) is 4.39 Å². The number of carbonyl (C=O) groups excluding carboxylic acids is 1. The zero-order chi connectivity index (χ0) is 19.6. The van der Waals surface area contributed by atoms with Crippen LogP contribution in [0.5, 0.6) is 0 Å². The molecule has 2 saturated heterocycles. The Labute approximate surface area is 171 Å². The molecular weight excluding hydrogens is 375 g/mol. The van der Waals surface area contributed by atoms with Gasteiger partial charge < -0.3 is 4.90 Å². The lowest BCUT2D eigenvalue weighted by Gasteiger charge is -2.46. The molecule has 0 unspecified atom stereocenters. The van der Waals surface area contributed by atoms with Gasteiger partial charge in [0.05, 0.1) is 6.42 Å². The van der Waals surface area contributed by atoms with E-state index in [0.29, 0.717) is 11.4 Å². The van der Waals surface area contributed by atoms with Crippen LogP contribution in [0.25, 0.3) is 0 Å². The Morgan fingerprint density at radius 2 is 1.79 bits per heavy atom. The third-order valence-electron chi connectivity index (χ3n) is 6.18. The Hall–Kier alpha value is -1.91. The van der Waals surface area contributed by atoms with E-state index in [0.717, 1.165) is 63.0 Å². The van der Waals surface area contributed by atoms with Gasteiger partial charge in [0, 0.05) is 30.2 Å². The normalized spacial score (nSPS) is 22.7. The van der Waals surface area contributed by atoms with Gasteiger partial charge in [-0.3, -0.25) is 9.69 Å². The molecule has 1 atom stereocenters. The third-order valence-corrected chi connectivity index (χ3v) is 6.43. The zero-order valence-electron chi connectivity index (χ0n) is 16.0. The van der Waals surface area contributed by atoms with Gasteiger partial charge >= 0.3 is 0 Å². The van der Waals surface area contributed by atoms with Crippen molar-refractivity contribution in [2.75, 3.05) is 19.6 Å². The van der Waals surface area contributed by atoms with Gasteiger partial charge in [0.1, 0.15) is 5.82 Å². The molecule has 148 valence electrons. The topological polar surface area (TPSA) is 23.6 Å². The number of rotatable bonds is 4. The van der Waals surface area contributed by atoms with Crippen LogP contribution < -0.4 is 0 Å². The van der Waals surface area contributed by atoms with Crippen LogP contribution in [0.15, 0.2) is 48.5 Å². The second kappa shape index (κ2) is 8.22. The second-order valence-electron chi connectivity index (χ2n) is 8.10. The summed E-state index contributed by atoms with van der Waals surface area (Å²) in [4.78, 5) is 17.4. The van der Waals surface area contributed by atoms with Crippen LogP contribution in [0.2, 0.25) is 5.02 Å². The summed E-state index contributed by atoms with van der Waals surface area (Å²) >= 11 is 5.95. The molecule has 3 nitrogen and oxygen atoms in total. The Bertz CT molecular complexity index is 841. The molecule has 2 aliphatic heterocycles. The van der Waals surface area contributed by atoms with Gasteiger partial charge in [-0.2, -0.15) is 0 Å². The standard InChI is InChI=1S/C23H26ClFN2O/c24-20-8-6-18(7-9-20)15-22(28)26-12-2-10-23(17-26)11-3-13-27(23)16-19-4-1-5-21(25)14-19/h1,4-9,14H,2-3,10-13,15-17H2/t23-/m1/s1. The molecule has 2 aromatic carbocycles. The Balaban J connectivity index is 1.45. The van der Waals surface area contributed by atoms with Crippen LogP contribution in [0, 0.1) is 5.82 Å². The monoisotopic (exact) mass is 400 g/mol. The smallest absolute Gasteiger partial charge is 0.227 e. The summed E-state index contributed by atoms with van der Waals surface area (Å²) in [7, 11) is 0. The minimum atomic E-state index is -0.186. The van der Waals surface area contributed by atoms with E-state index in [-0.39, 0.29) is 17.3 Å². The fourth-order valence-corrected chi connectivity index (χ4v) is 4.90. The zero-order valence-corrected chi connectivity index (χ0v) is 16.8. The van der Waals surface area contributed by atoms with Crippen molar-refractivity contribution in [3.8, 4) is 0 Å². The number of piperidine rings is 1. The van der Waals surface area contributed by atoms with Gasteiger partial charge in [0.15, 0.2) is 0 Å². The molecule has 1 amide bonds. The number of benzene rings is 2. The average molecular weight is 401 g/mol. The minimum Gasteiger partial charge on any atom is -0.341 e. The molecule has 0 aromatic heterocycles. The van der Waals surface area contributed by atoms with Crippen molar-refractivity contribution in [3.63, 3.8) is 0 Å². The first-order valence-corrected chi connectivity index (χ1v) is 10.4. The van der Waals surface area contributed by atoms with Crippen molar-refractivity contribution in [2.24, 2.45) is 0 Å². The van der Waals surface area contributed by atoms with Gasteiger partial charge in [-0.05, 0) is 67.6 Å². The van der Waals surface area contributed by atoms with Gasteiger partial charge in [-0.25, -0.2) is 4.39 Å². The Morgan fingerprint density at radius 3 is 2.54 bits per heavy atom. The molecule has 1 spiro atoms. The Kier molecular flexibility index (Phi) is 5.70. The first-order valence-electron chi connectivity index (χ1n) is 10.1. The number of hydrogen-bond acceptors (Lipinski definition) is 2. The molecule has 5 heteroatoms. The van der Waals surface area contributed by atoms with Crippen molar-refractivity contribution in [3.05, 3.63) is 70.5 Å². The van der Waals surface area contributed by atoms with Crippen molar-refractivity contribution in [2.45, 2.75) is 44.2 Å². The molecule has 28 heavy (non-hydrogen) atoms. The van der Waals surface area contributed by atoms with E-state index >= 15 is 0 Å². The summed E-state index contributed by atoms with van der Waals surface area (Å²) in [5, 5.41) is 0.687. The molecule has 0 radical (unpaired) electrons. The quantitative estimate of drug-likeness (QED) is 0.744. The number of halogens is 2. The van der Waals surface area contributed by atoms with Gasteiger partial charge in [0.2, 0.25) is 5.91 Å². The van der Waals surface area contributed by atoms with Crippen LogP contribution in [0.3, 0.4) is 0 Å². The fraction of sp³-hybridized carbons (Fsp3) is 0.435. The number of nitrogens with zero attached hydrogens (tertiary/aromatic N) is 2. The maximum atomic E-state index is 13.6. The largest absolute Gasteiger partial charge is 0.341 e. The van der Waals surface area contributed by atoms with E-state index in [1.807, 2.05) is 35.2 Å².